The average molecular weight is 300 g/mol. The fourth-order valence-electron chi connectivity index (χ4n) is 2.74. The van der Waals surface area contributed by atoms with E-state index in [-0.39, 0.29) is 0 Å². The van der Waals surface area contributed by atoms with Crippen molar-refractivity contribution in [2.45, 2.75) is 0 Å². The lowest BCUT2D eigenvalue weighted by atomic mass is 10.1. The zero-order valence-corrected chi connectivity index (χ0v) is 12.4. The Labute approximate surface area is 132 Å². The van der Waals surface area contributed by atoms with Crippen molar-refractivity contribution >= 4 is 22.5 Å². The van der Waals surface area contributed by atoms with E-state index in [2.05, 4.69) is 26.6 Å². The Bertz CT molecular complexity index is 1070. The van der Waals surface area contributed by atoms with Crippen LogP contribution >= 0.6 is 0 Å². The molecule has 0 fully saturated rings. The van der Waals surface area contributed by atoms with Crippen molar-refractivity contribution in [1.82, 2.24) is 19.6 Å². The minimum atomic E-state index is 0.496. The lowest BCUT2D eigenvalue weighted by Crippen LogP contribution is -2.00. The predicted molar refractivity (Wildman–Crippen MR) is 88.0 cm³/mol. The minimum absolute atomic E-state index is 0.496. The number of nitrogens with one attached hydrogen (secondary N) is 1. The summed E-state index contributed by atoms with van der Waals surface area (Å²) in [6, 6.07) is 17.5. The Balaban J connectivity index is 2.15. The zero-order valence-electron chi connectivity index (χ0n) is 12.4. The molecule has 6 heteroatoms. The third-order valence-electron chi connectivity index (χ3n) is 3.78. The van der Waals surface area contributed by atoms with Crippen LogP contribution in [0.1, 0.15) is 5.56 Å². The predicted octanol–water partition coefficient (Wildman–Crippen LogP) is 2.86. The third kappa shape index (κ3) is 1.91. The van der Waals surface area contributed by atoms with Crippen molar-refractivity contribution in [3.05, 3.63) is 54.1 Å². The largest absolute Gasteiger partial charge is 0.372 e. The van der Waals surface area contributed by atoms with E-state index in [0.717, 1.165) is 22.3 Å². The smallest absolute Gasteiger partial charge is 0.257 e. The van der Waals surface area contributed by atoms with Crippen LogP contribution in [-0.4, -0.2) is 26.6 Å². The molecule has 2 heterocycles. The van der Waals surface area contributed by atoms with E-state index >= 15 is 0 Å². The second kappa shape index (κ2) is 5.07. The highest BCUT2D eigenvalue weighted by atomic mass is 15.3. The van der Waals surface area contributed by atoms with Crippen LogP contribution in [0.15, 0.2) is 48.5 Å². The molecule has 2 aromatic heterocycles. The van der Waals surface area contributed by atoms with Crippen molar-refractivity contribution < 1.29 is 0 Å². The molecule has 0 saturated heterocycles. The molecule has 0 aliphatic rings. The molecule has 0 atom stereocenters. The van der Waals surface area contributed by atoms with Crippen LogP contribution in [0.3, 0.4) is 0 Å². The Morgan fingerprint density at radius 1 is 1.04 bits per heavy atom. The summed E-state index contributed by atoms with van der Waals surface area (Å²) >= 11 is 0. The van der Waals surface area contributed by atoms with Crippen molar-refractivity contribution in [2.75, 3.05) is 12.4 Å². The van der Waals surface area contributed by atoms with E-state index in [4.69, 9.17) is 0 Å². The van der Waals surface area contributed by atoms with Crippen LogP contribution in [0.4, 0.5) is 5.82 Å². The Morgan fingerprint density at radius 3 is 2.65 bits per heavy atom. The molecule has 0 radical (unpaired) electrons. The van der Waals surface area contributed by atoms with Gasteiger partial charge in [-0.25, -0.2) is 0 Å². The molecule has 2 aromatic carbocycles. The van der Waals surface area contributed by atoms with Gasteiger partial charge in [0.1, 0.15) is 5.82 Å². The van der Waals surface area contributed by atoms with Gasteiger partial charge in [0.25, 0.3) is 5.78 Å². The first-order valence-electron chi connectivity index (χ1n) is 7.14. The summed E-state index contributed by atoms with van der Waals surface area (Å²) in [6.45, 7) is 0. The van der Waals surface area contributed by atoms with Gasteiger partial charge in [0, 0.05) is 18.0 Å². The number of anilines is 1. The quantitative estimate of drug-likeness (QED) is 0.616. The highest BCUT2D eigenvalue weighted by Gasteiger charge is 2.16. The highest BCUT2D eigenvalue weighted by Crippen LogP contribution is 2.28. The summed E-state index contributed by atoms with van der Waals surface area (Å²) in [6.07, 6.45) is 0. The summed E-state index contributed by atoms with van der Waals surface area (Å²) in [4.78, 5) is 4.52. The second-order valence-corrected chi connectivity index (χ2v) is 5.04. The van der Waals surface area contributed by atoms with E-state index in [1.807, 2.05) is 53.9 Å². The summed E-state index contributed by atoms with van der Waals surface area (Å²) in [7, 11) is 1.83. The molecule has 4 aromatic rings. The molecule has 0 aliphatic heterocycles. The monoisotopic (exact) mass is 300 g/mol. The molecule has 0 unspecified atom stereocenters. The third-order valence-corrected chi connectivity index (χ3v) is 3.78. The lowest BCUT2D eigenvalue weighted by Gasteiger charge is -2.09. The van der Waals surface area contributed by atoms with E-state index < -0.39 is 0 Å². The number of nitriles is 1. The van der Waals surface area contributed by atoms with Crippen molar-refractivity contribution in [3.8, 4) is 17.5 Å². The van der Waals surface area contributed by atoms with Crippen LogP contribution in [0.25, 0.3) is 28.1 Å². The second-order valence-electron chi connectivity index (χ2n) is 5.04. The van der Waals surface area contributed by atoms with Gasteiger partial charge in [0.05, 0.1) is 17.1 Å². The standard InChI is InChI=1S/C17H12N6/c1-19-15-13-8-4-5-9-14(13)23-16(21-22-17(23)20-15)12-7-3-2-6-11(12)10-18/h2-9H,1H3,(H,19,20,22). The van der Waals surface area contributed by atoms with Crippen molar-refractivity contribution in [1.29, 1.82) is 5.26 Å². The fourth-order valence-corrected chi connectivity index (χ4v) is 2.74. The molecule has 1 N–H and O–H groups in total. The van der Waals surface area contributed by atoms with E-state index in [1.165, 1.54) is 0 Å². The van der Waals surface area contributed by atoms with E-state index in [1.54, 1.807) is 6.07 Å². The summed E-state index contributed by atoms with van der Waals surface area (Å²) in [5, 5.41) is 21.9. The Morgan fingerprint density at radius 2 is 1.83 bits per heavy atom. The average Bonchev–Trinajstić information content (AvgIpc) is 3.04. The first-order valence-corrected chi connectivity index (χ1v) is 7.14. The molecule has 4 rings (SSSR count). The topological polar surface area (TPSA) is 78.9 Å². The molecule has 110 valence electrons. The van der Waals surface area contributed by atoms with Crippen molar-refractivity contribution in [3.63, 3.8) is 0 Å². The molecule has 0 spiro atoms. The highest BCUT2D eigenvalue weighted by molar-refractivity contribution is 5.92. The molecule has 6 nitrogen and oxygen atoms in total. The van der Waals surface area contributed by atoms with Gasteiger partial charge in [-0.15, -0.1) is 10.2 Å². The normalized spacial score (nSPS) is 10.8. The maximum Gasteiger partial charge on any atom is 0.257 e. The maximum absolute atomic E-state index is 9.35. The molecule has 0 amide bonds. The van der Waals surface area contributed by atoms with Gasteiger partial charge in [-0.3, -0.25) is 4.40 Å². The minimum Gasteiger partial charge on any atom is -0.372 e. The summed E-state index contributed by atoms with van der Waals surface area (Å²) < 4.78 is 1.88. The van der Waals surface area contributed by atoms with Gasteiger partial charge in [0.15, 0.2) is 5.82 Å². The van der Waals surface area contributed by atoms with Gasteiger partial charge < -0.3 is 5.32 Å². The number of benzene rings is 2. The Hall–Kier alpha value is -3.46. The first kappa shape index (κ1) is 13.2. The van der Waals surface area contributed by atoms with Gasteiger partial charge in [0.2, 0.25) is 0 Å². The van der Waals surface area contributed by atoms with E-state index in [0.29, 0.717) is 17.2 Å². The molecular weight excluding hydrogens is 288 g/mol. The van der Waals surface area contributed by atoms with E-state index in [9.17, 15) is 5.26 Å². The van der Waals surface area contributed by atoms with Gasteiger partial charge in [-0.1, -0.05) is 24.3 Å². The fraction of sp³-hybridized carbons (Fsp3) is 0.0588. The molecule has 0 bridgehead atoms. The number of rotatable bonds is 2. The first-order chi connectivity index (χ1) is 11.3. The van der Waals surface area contributed by atoms with Gasteiger partial charge >= 0.3 is 0 Å². The van der Waals surface area contributed by atoms with Crippen molar-refractivity contribution in [2.24, 2.45) is 0 Å². The lowest BCUT2D eigenvalue weighted by molar-refractivity contribution is 1.10. The van der Waals surface area contributed by atoms with Gasteiger partial charge in [-0.05, 0) is 24.3 Å². The van der Waals surface area contributed by atoms with Crippen LogP contribution in [0, 0.1) is 11.3 Å². The van der Waals surface area contributed by atoms with Gasteiger partial charge in [-0.2, -0.15) is 10.2 Å². The molecule has 0 saturated carbocycles. The number of hydrogen-bond donors (Lipinski definition) is 1. The number of aromatic nitrogens is 4. The molecule has 23 heavy (non-hydrogen) atoms. The number of fused-ring (bicyclic) bond motifs is 3. The Kier molecular flexibility index (Phi) is 2.91. The molecule has 0 aliphatic carbocycles. The van der Waals surface area contributed by atoms with Crippen LogP contribution in [0.2, 0.25) is 0 Å². The van der Waals surface area contributed by atoms with Crippen LogP contribution in [0.5, 0.6) is 0 Å². The summed E-state index contributed by atoms with van der Waals surface area (Å²) in [5.41, 5.74) is 2.24. The molecular formula is C17H12N6. The SMILES string of the molecule is CNc1nc2nnc(-c3ccccc3C#N)n2c2ccccc12. The van der Waals surface area contributed by atoms with Crippen LogP contribution < -0.4 is 5.32 Å². The number of hydrogen-bond acceptors (Lipinski definition) is 5. The van der Waals surface area contributed by atoms with Crippen LogP contribution in [-0.2, 0) is 0 Å². The summed E-state index contributed by atoms with van der Waals surface area (Å²) in [5.74, 6) is 1.86. The number of nitrogens with zero attached hydrogens (tertiary/aromatic N) is 5. The zero-order chi connectivity index (χ0) is 15.8. The number of para-hydroxylation sites is 1. The maximum atomic E-state index is 9.35.